The highest BCUT2D eigenvalue weighted by atomic mass is 16.1. The molecule has 126 valence electrons. The quantitative estimate of drug-likeness (QED) is 0.654. The van der Waals surface area contributed by atoms with Crippen molar-refractivity contribution in [2.45, 2.75) is 13.3 Å². The normalized spacial score (nSPS) is 12.5. The molecule has 0 unspecified atom stereocenters. The molecule has 0 spiro atoms. The van der Waals surface area contributed by atoms with Crippen molar-refractivity contribution >= 4 is 18.2 Å². The van der Waals surface area contributed by atoms with Crippen molar-refractivity contribution in [2.24, 2.45) is 0 Å². The number of nitrogens with zero attached hydrogens (tertiary/aromatic N) is 1. The Labute approximate surface area is 143 Å². The van der Waals surface area contributed by atoms with Crippen LogP contribution in [0.15, 0.2) is 46.8 Å². The summed E-state index contributed by atoms with van der Waals surface area (Å²) in [6, 6.07) is 7.50. The zero-order valence-electron chi connectivity index (χ0n) is 13.8. The number of imidazole rings is 1. The molecule has 0 radical (unpaired) electrons. The molecule has 0 aliphatic carbocycles. The summed E-state index contributed by atoms with van der Waals surface area (Å²) in [5.74, 6) is 0. The first kappa shape index (κ1) is 16.4. The number of benzene rings is 1. The van der Waals surface area contributed by atoms with E-state index in [1.165, 1.54) is 0 Å². The molecule has 0 aliphatic heterocycles. The van der Waals surface area contributed by atoms with Crippen molar-refractivity contribution in [3.05, 3.63) is 91.1 Å². The van der Waals surface area contributed by atoms with Gasteiger partial charge in [-0.25, -0.2) is 4.98 Å². The Hall–Kier alpha value is -3.41. The molecule has 3 rings (SSSR count). The second-order valence-corrected chi connectivity index (χ2v) is 5.52. The molecule has 6 heteroatoms. The van der Waals surface area contributed by atoms with Gasteiger partial charge in [-0.3, -0.25) is 9.59 Å². The Kier molecular flexibility index (Phi) is 4.61. The third kappa shape index (κ3) is 3.58. The van der Waals surface area contributed by atoms with Crippen molar-refractivity contribution in [3.8, 4) is 0 Å². The highest BCUT2D eigenvalue weighted by Gasteiger charge is 2.02. The smallest absolute Gasteiger partial charge is 0.272 e. The van der Waals surface area contributed by atoms with Gasteiger partial charge in [-0.15, -0.1) is 0 Å². The second kappa shape index (κ2) is 7.00. The SMILES string of the molecule is C=Cc1cccc(/C=c2\[nH]c(=O)/c(=C/c3nc[nH]c3CC)[nH]c2=O)c1. The summed E-state index contributed by atoms with van der Waals surface area (Å²) in [7, 11) is 0. The van der Waals surface area contributed by atoms with Gasteiger partial charge in [0.05, 0.1) is 12.0 Å². The molecule has 0 bridgehead atoms. The van der Waals surface area contributed by atoms with Crippen LogP contribution in [0.2, 0.25) is 0 Å². The van der Waals surface area contributed by atoms with Gasteiger partial charge in [0.1, 0.15) is 10.7 Å². The minimum atomic E-state index is -0.379. The molecule has 2 aromatic heterocycles. The topological polar surface area (TPSA) is 94.4 Å². The number of aromatic amines is 3. The molecule has 3 N–H and O–H groups in total. The first-order valence-electron chi connectivity index (χ1n) is 7.91. The number of aromatic nitrogens is 4. The average molecular weight is 334 g/mol. The van der Waals surface area contributed by atoms with E-state index in [0.29, 0.717) is 5.69 Å². The zero-order valence-corrected chi connectivity index (χ0v) is 13.8. The predicted molar refractivity (Wildman–Crippen MR) is 98.6 cm³/mol. The molecule has 0 amide bonds. The minimum Gasteiger partial charge on any atom is -0.348 e. The highest BCUT2D eigenvalue weighted by Crippen LogP contribution is 2.06. The maximum atomic E-state index is 12.3. The maximum Gasteiger partial charge on any atom is 0.272 e. The number of rotatable bonds is 4. The molecule has 6 nitrogen and oxygen atoms in total. The molecule has 0 fully saturated rings. The van der Waals surface area contributed by atoms with Gasteiger partial charge < -0.3 is 15.0 Å². The van der Waals surface area contributed by atoms with Crippen molar-refractivity contribution in [3.63, 3.8) is 0 Å². The lowest BCUT2D eigenvalue weighted by atomic mass is 10.1. The monoisotopic (exact) mass is 334 g/mol. The van der Waals surface area contributed by atoms with Crippen LogP contribution in [-0.2, 0) is 6.42 Å². The van der Waals surface area contributed by atoms with Gasteiger partial charge in [-0.1, -0.05) is 37.8 Å². The van der Waals surface area contributed by atoms with Crippen LogP contribution in [0.5, 0.6) is 0 Å². The first-order chi connectivity index (χ1) is 12.1. The average Bonchev–Trinajstić information content (AvgIpc) is 3.06. The van der Waals surface area contributed by atoms with Crippen LogP contribution in [0, 0.1) is 0 Å². The lowest BCUT2D eigenvalue weighted by Crippen LogP contribution is -2.46. The fraction of sp³-hybridized carbons (Fsp3) is 0.105. The van der Waals surface area contributed by atoms with E-state index >= 15 is 0 Å². The van der Waals surface area contributed by atoms with E-state index in [1.807, 2.05) is 31.2 Å². The van der Waals surface area contributed by atoms with Gasteiger partial charge in [0.15, 0.2) is 0 Å². The van der Waals surface area contributed by atoms with Gasteiger partial charge in [-0.2, -0.15) is 0 Å². The molecule has 0 saturated heterocycles. The summed E-state index contributed by atoms with van der Waals surface area (Å²) in [6.07, 6.45) is 7.23. The lowest BCUT2D eigenvalue weighted by Gasteiger charge is -1.96. The molecular weight excluding hydrogens is 316 g/mol. The van der Waals surface area contributed by atoms with Crippen LogP contribution < -0.4 is 21.8 Å². The van der Waals surface area contributed by atoms with E-state index < -0.39 is 0 Å². The largest absolute Gasteiger partial charge is 0.348 e. The number of hydrogen-bond acceptors (Lipinski definition) is 3. The van der Waals surface area contributed by atoms with Crippen LogP contribution in [0.3, 0.4) is 0 Å². The molecular formula is C19H18N4O2. The number of hydrogen-bond donors (Lipinski definition) is 3. The number of nitrogens with one attached hydrogen (secondary N) is 3. The number of aryl methyl sites for hydroxylation is 1. The van der Waals surface area contributed by atoms with E-state index in [1.54, 1.807) is 24.6 Å². The van der Waals surface area contributed by atoms with Gasteiger partial charge in [-0.05, 0) is 35.8 Å². The van der Waals surface area contributed by atoms with Crippen molar-refractivity contribution in [1.82, 2.24) is 19.9 Å². The Morgan fingerprint density at radius 3 is 2.44 bits per heavy atom. The van der Waals surface area contributed by atoms with E-state index in [-0.39, 0.29) is 21.8 Å². The standard InChI is InChI=1S/C19H18N4O2/c1-3-12-6-5-7-13(8-12)9-16-18(24)23-17(19(25)22-16)10-15-14(4-2)20-11-21-15/h3,5-11H,1,4H2,2H3,(H,20,21)(H,22,25)(H,23,24)/b16-9-,17-10-. The third-order valence-corrected chi connectivity index (χ3v) is 3.83. The molecule has 0 aliphatic rings. The fourth-order valence-electron chi connectivity index (χ4n) is 2.51. The third-order valence-electron chi connectivity index (χ3n) is 3.83. The lowest BCUT2D eigenvalue weighted by molar-refractivity contribution is 0.998. The Balaban J connectivity index is 2.12. The fourth-order valence-corrected chi connectivity index (χ4v) is 2.51. The maximum absolute atomic E-state index is 12.3. The van der Waals surface area contributed by atoms with Crippen LogP contribution in [0.25, 0.3) is 18.2 Å². The minimum absolute atomic E-state index is 0.170. The van der Waals surface area contributed by atoms with E-state index in [4.69, 9.17) is 0 Å². The first-order valence-corrected chi connectivity index (χ1v) is 7.91. The Morgan fingerprint density at radius 1 is 1.08 bits per heavy atom. The Bertz CT molecular complexity index is 1150. The number of H-pyrrole nitrogens is 3. The van der Waals surface area contributed by atoms with E-state index in [9.17, 15) is 9.59 Å². The van der Waals surface area contributed by atoms with Crippen LogP contribution in [0.4, 0.5) is 0 Å². The summed E-state index contributed by atoms with van der Waals surface area (Å²) in [4.78, 5) is 37.0. The van der Waals surface area contributed by atoms with E-state index in [2.05, 4.69) is 26.5 Å². The summed E-state index contributed by atoms with van der Waals surface area (Å²) in [5.41, 5.74) is 2.52. The molecule has 3 aromatic rings. The summed E-state index contributed by atoms with van der Waals surface area (Å²) < 4.78 is 0. The predicted octanol–water partition coefficient (Wildman–Crippen LogP) is 0.649. The molecule has 1 aromatic carbocycles. The zero-order chi connectivity index (χ0) is 17.8. The molecule has 25 heavy (non-hydrogen) atoms. The van der Waals surface area contributed by atoms with Crippen LogP contribution >= 0.6 is 0 Å². The van der Waals surface area contributed by atoms with Crippen LogP contribution in [-0.4, -0.2) is 19.9 Å². The van der Waals surface area contributed by atoms with E-state index in [0.717, 1.165) is 23.2 Å². The summed E-state index contributed by atoms with van der Waals surface area (Å²) in [6.45, 7) is 5.70. The Morgan fingerprint density at radius 2 is 1.76 bits per heavy atom. The highest BCUT2D eigenvalue weighted by molar-refractivity contribution is 5.56. The van der Waals surface area contributed by atoms with Gasteiger partial charge >= 0.3 is 0 Å². The van der Waals surface area contributed by atoms with Gasteiger partial charge in [0.2, 0.25) is 0 Å². The second-order valence-electron chi connectivity index (χ2n) is 5.52. The van der Waals surface area contributed by atoms with Gasteiger partial charge in [0.25, 0.3) is 11.1 Å². The molecule has 0 atom stereocenters. The van der Waals surface area contributed by atoms with Crippen molar-refractivity contribution in [1.29, 1.82) is 0 Å². The molecule has 2 heterocycles. The van der Waals surface area contributed by atoms with Gasteiger partial charge in [0, 0.05) is 5.69 Å². The molecule has 0 saturated carbocycles. The van der Waals surface area contributed by atoms with Crippen LogP contribution in [0.1, 0.15) is 29.4 Å². The summed E-state index contributed by atoms with van der Waals surface area (Å²) in [5, 5.41) is 0.366. The van der Waals surface area contributed by atoms with Crippen molar-refractivity contribution in [2.75, 3.05) is 0 Å². The van der Waals surface area contributed by atoms with Crippen molar-refractivity contribution < 1.29 is 0 Å². The summed E-state index contributed by atoms with van der Waals surface area (Å²) >= 11 is 0.